The van der Waals surface area contributed by atoms with Crippen LogP contribution >= 0.6 is 0 Å². The van der Waals surface area contributed by atoms with Gasteiger partial charge in [0.05, 0.1) is 0 Å². The monoisotopic (exact) mass is 229 g/mol. The van der Waals surface area contributed by atoms with E-state index in [9.17, 15) is 14.4 Å². The van der Waals surface area contributed by atoms with Crippen LogP contribution in [0.4, 0.5) is 0 Å². The molecule has 0 rings (SSSR count). The number of amides is 1. The predicted octanol–water partition coefficient (Wildman–Crippen LogP) is 0.479. The molecule has 0 fully saturated rings. The van der Waals surface area contributed by atoms with Crippen molar-refractivity contribution >= 4 is 17.8 Å². The lowest BCUT2D eigenvalue weighted by atomic mass is 10.2. The second kappa shape index (κ2) is 6.60. The molecule has 0 aliphatic heterocycles. The number of carbonyl (C=O) groups excluding carboxylic acids is 3. The van der Waals surface area contributed by atoms with E-state index in [4.69, 9.17) is 0 Å². The second-order valence-corrected chi connectivity index (χ2v) is 3.19. The van der Waals surface area contributed by atoms with Gasteiger partial charge in [-0.05, 0) is 13.3 Å². The zero-order valence-corrected chi connectivity index (χ0v) is 9.53. The summed E-state index contributed by atoms with van der Waals surface area (Å²) in [5.41, 5.74) is 0.277. The predicted molar refractivity (Wildman–Crippen MR) is 54.9 cm³/mol. The maximum absolute atomic E-state index is 11.3. The van der Waals surface area contributed by atoms with E-state index in [0.717, 1.165) is 6.92 Å². The van der Waals surface area contributed by atoms with Gasteiger partial charge in [0.15, 0.2) is 0 Å². The summed E-state index contributed by atoms with van der Waals surface area (Å²) in [5.74, 6) is -2.02. The van der Waals surface area contributed by atoms with Crippen molar-refractivity contribution in [2.75, 3.05) is 0 Å². The standard InChI is InChI=1S/C10H15NO5/c1-5-8(11-9(13)6(2)3)10(14)16-15-7(4)12/h8H,2,5H2,1,3-4H3,(H,11,13). The highest BCUT2D eigenvalue weighted by molar-refractivity contribution is 5.95. The molecule has 6 nitrogen and oxygen atoms in total. The van der Waals surface area contributed by atoms with E-state index >= 15 is 0 Å². The van der Waals surface area contributed by atoms with Crippen molar-refractivity contribution in [2.24, 2.45) is 0 Å². The van der Waals surface area contributed by atoms with Crippen molar-refractivity contribution in [3.63, 3.8) is 0 Å². The van der Waals surface area contributed by atoms with E-state index in [2.05, 4.69) is 21.7 Å². The summed E-state index contributed by atoms with van der Waals surface area (Å²) in [6.45, 7) is 7.72. The molecule has 0 bridgehead atoms. The Balaban J connectivity index is 4.27. The zero-order valence-electron chi connectivity index (χ0n) is 9.53. The lowest BCUT2D eigenvalue weighted by Gasteiger charge is -2.13. The molecular weight excluding hydrogens is 214 g/mol. The van der Waals surface area contributed by atoms with Gasteiger partial charge in [0.1, 0.15) is 6.04 Å². The first-order valence-corrected chi connectivity index (χ1v) is 4.73. The molecule has 16 heavy (non-hydrogen) atoms. The molecule has 0 aliphatic rings. The van der Waals surface area contributed by atoms with Gasteiger partial charge in [-0.25, -0.2) is 19.4 Å². The van der Waals surface area contributed by atoms with Gasteiger partial charge in [0, 0.05) is 12.5 Å². The third-order valence-electron chi connectivity index (χ3n) is 1.63. The van der Waals surface area contributed by atoms with Crippen LogP contribution in [0.2, 0.25) is 0 Å². The summed E-state index contributed by atoms with van der Waals surface area (Å²) in [6, 6.07) is -0.858. The van der Waals surface area contributed by atoms with Gasteiger partial charge in [-0.2, -0.15) is 0 Å². The molecule has 0 spiro atoms. The Morgan fingerprint density at radius 2 is 1.81 bits per heavy atom. The maximum Gasteiger partial charge on any atom is 0.377 e. The van der Waals surface area contributed by atoms with Gasteiger partial charge in [-0.3, -0.25) is 4.79 Å². The van der Waals surface area contributed by atoms with Gasteiger partial charge in [-0.1, -0.05) is 13.5 Å². The smallest absolute Gasteiger partial charge is 0.339 e. The molecule has 1 atom stereocenters. The van der Waals surface area contributed by atoms with E-state index in [1.165, 1.54) is 6.92 Å². The Hall–Kier alpha value is -1.85. The molecule has 1 unspecified atom stereocenters. The summed E-state index contributed by atoms with van der Waals surface area (Å²) in [6.07, 6.45) is 0.319. The van der Waals surface area contributed by atoms with Crippen LogP contribution in [0.5, 0.6) is 0 Å². The van der Waals surface area contributed by atoms with Crippen LogP contribution in [0.15, 0.2) is 12.2 Å². The fourth-order valence-electron chi connectivity index (χ4n) is 0.767. The number of nitrogens with one attached hydrogen (secondary N) is 1. The third-order valence-corrected chi connectivity index (χ3v) is 1.63. The minimum atomic E-state index is -0.858. The fraction of sp³-hybridized carbons (Fsp3) is 0.500. The Morgan fingerprint density at radius 3 is 2.19 bits per heavy atom. The van der Waals surface area contributed by atoms with Gasteiger partial charge < -0.3 is 5.32 Å². The van der Waals surface area contributed by atoms with Crippen molar-refractivity contribution in [2.45, 2.75) is 33.2 Å². The lowest BCUT2D eigenvalue weighted by Crippen LogP contribution is -2.41. The molecule has 0 saturated carbocycles. The molecule has 0 radical (unpaired) electrons. The van der Waals surface area contributed by atoms with E-state index in [-0.39, 0.29) is 5.57 Å². The van der Waals surface area contributed by atoms with Crippen LogP contribution < -0.4 is 5.32 Å². The Morgan fingerprint density at radius 1 is 1.25 bits per heavy atom. The van der Waals surface area contributed by atoms with Gasteiger partial charge in [0.25, 0.3) is 0 Å². The molecule has 0 heterocycles. The highest BCUT2D eigenvalue weighted by Crippen LogP contribution is 1.98. The highest BCUT2D eigenvalue weighted by Gasteiger charge is 2.22. The fourth-order valence-corrected chi connectivity index (χ4v) is 0.767. The normalized spacial score (nSPS) is 11.2. The zero-order chi connectivity index (χ0) is 12.7. The average Bonchev–Trinajstić information content (AvgIpc) is 2.21. The minimum absolute atomic E-state index is 0.277. The molecule has 1 amide bonds. The maximum atomic E-state index is 11.3. The summed E-state index contributed by atoms with van der Waals surface area (Å²) in [5, 5.41) is 2.39. The quantitative estimate of drug-likeness (QED) is 0.430. The van der Waals surface area contributed by atoms with Crippen LogP contribution in [0.1, 0.15) is 27.2 Å². The Kier molecular flexibility index (Phi) is 5.84. The number of hydrogen-bond donors (Lipinski definition) is 1. The summed E-state index contributed by atoms with van der Waals surface area (Å²) in [7, 11) is 0. The van der Waals surface area contributed by atoms with E-state index in [0.29, 0.717) is 6.42 Å². The van der Waals surface area contributed by atoms with Crippen molar-refractivity contribution in [3.05, 3.63) is 12.2 Å². The van der Waals surface area contributed by atoms with Gasteiger partial charge >= 0.3 is 11.9 Å². The molecule has 0 aliphatic carbocycles. The summed E-state index contributed by atoms with van der Waals surface area (Å²) >= 11 is 0. The van der Waals surface area contributed by atoms with Crippen LogP contribution in [0.3, 0.4) is 0 Å². The summed E-state index contributed by atoms with van der Waals surface area (Å²) in [4.78, 5) is 41.2. The molecule has 0 aromatic rings. The van der Waals surface area contributed by atoms with E-state index in [1.54, 1.807) is 6.92 Å². The second-order valence-electron chi connectivity index (χ2n) is 3.19. The largest absolute Gasteiger partial charge is 0.377 e. The molecule has 6 heteroatoms. The lowest BCUT2D eigenvalue weighted by molar-refractivity contribution is -0.258. The van der Waals surface area contributed by atoms with Crippen molar-refractivity contribution in [1.82, 2.24) is 5.32 Å². The first kappa shape index (κ1) is 14.2. The molecular formula is C10H15NO5. The molecule has 0 aromatic carbocycles. The molecule has 0 saturated heterocycles. The first-order chi connectivity index (χ1) is 7.38. The molecule has 1 N–H and O–H groups in total. The third kappa shape index (κ3) is 5.14. The number of rotatable bonds is 4. The van der Waals surface area contributed by atoms with E-state index < -0.39 is 23.9 Å². The minimum Gasteiger partial charge on any atom is -0.339 e. The Bertz CT molecular complexity index is 310. The van der Waals surface area contributed by atoms with Crippen molar-refractivity contribution in [3.8, 4) is 0 Å². The SMILES string of the molecule is C=C(C)C(=O)NC(CC)C(=O)OOC(C)=O. The van der Waals surface area contributed by atoms with Crippen molar-refractivity contribution < 1.29 is 24.2 Å². The molecule has 0 aromatic heterocycles. The average molecular weight is 229 g/mol. The van der Waals surface area contributed by atoms with Crippen LogP contribution in [0.25, 0.3) is 0 Å². The highest BCUT2D eigenvalue weighted by atomic mass is 17.2. The van der Waals surface area contributed by atoms with Gasteiger partial charge in [-0.15, -0.1) is 0 Å². The topological polar surface area (TPSA) is 81.7 Å². The Labute approximate surface area is 93.5 Å². The van der Waals surface area contributed by atoms with E-state index in [1.807, 2.05) is 0 Å². The number of hydrogen-bond acceptors (Lipinski definition) is 5. The van der Waals surface area contributed by atoms with Crippen LogP contribution in [-0.4, -0.2) is 23.9 Å². The van der Waals surface area contributed by atoms with Crippen LogP contribution in [-0.2, 0) is 24.2 Å². The van der Waals surface area contributed by atoms with Crippen LogP contribution in [0, 0.1) is 0 Å². The van der Waals surface area contributed by atoms with Gasteiger partial charge in [0.2, 0.25) is 5.91 Å². The molecule has 90 valence electrons. The first-order valence-electron chi connectivity index (χ1n) is 4.73. The number of carbonyl (C=O) groups is 3. The summed E-state index contributed by atoms with van der Waals surface area (Å²) < 4.78 is 0. The van der Waals surface area contributed by atoms with Crippen molar-refractivity contribution in [1.29, 1.82) is 0 Å².